The summed E-state index contributed by atoms with van der Waals surface area (Å²) in [6.45, 7) is 24.6. The van der Waals surface area contributed by atoms with Gasteiger partial charge in [0.2, 0.25) is 0 Å². The van der Waals surface area contributed by atoms with Crippen LogP contribution in [0.4, 0.5) is 0 Å². The van der Waals surface area contributed by atoms with E-state index in [9.17, 15) is 4.79 Å². The van der Waals surface area contributed by atoms with Crippen molar-refractivity contribution in [3.8, 4) is 0 Å². The maximum Gasteiger partial charge on any atom is 0.362 e. The molecule has 2 unspecified atom stereocenters. The van der Waals surface area contributed by atoms with Gasteiger partial charge in [0.15, 0.2) is 33.3 Å². The molecule has 8 nitrogen and oxygen atoms in total. The summed E-state index contributed by atoms with van der Waals surface area (Å²) in [4.78, 5) is 21.2. The average Bonchev–Trinajstić information content (AvgIpc) is 2.44. The highest BCUT2D eigenvalue weighted by Gasteiger charge is 2.40. The Balaban J connectivity index is 5.99. The Kier molecular flexibility index (Phi) is 11.8. The Hall–Kier alpha value is 0.528. The standard InChI is InChI=1S/C17H44NO7PSi4/c1-20-18-26(24-29(8,9)10,25-30(11,12)13)21-15-17(23-28(5,6)7)16(14-19)22-27(2,3)4/h14,16-17H,15H2,1-13H3. The first kappa shape index (κ1) is 30.5. The highest BCUT2D eigenvalue weighted by molar-refractivity contribution is 7.54. The Morgan fingerprint density at radius 1 is 0.767 bits per heavy atom. The Morgan fingerprint density at radius 2 is 1.20 bits per heavy atom. The number of carbonyl (C=O) groups excluding carboxylic acids is 1. The van der Waals surface area contributed by atoms with Crippen molar-refractivity contribution in [2.24, 2.45) is 4.91 Å². The SMILES string of the molecule is CON=P(OCC(O[Si](C)(C)C)C(C=O)O[Si](C)(C)C)(O[Si](C)(C)C)O[Si](C)(C)C. The summed E-state index contributed by atoms with van der Waals surface area (Å²) in [5.74, 6) is 0. The van der Waals surface area contributed by atoms with E-state index in [1.165, 1.54) is 7.11 Å². The van der Waals surface area contributed by atoms with Gasteiger partial charge in [0.25, 0.3) is 0 Å². The van der Waals surface area contributed by atoms with E-state index in [0.717, 1.165) is 6.29 Å². The van der Waals surface area contributed by atoms with Crippen LogP contribution >= 0.6 is 7.74 Å². The minimum Gasteiger partial charge on any atom is -0.409 e. The van der Waals surface area contributed by atoms with E-state index in [-0.39, 0.29) is 6.61 Å². The lowest BCUT2D eigenvalue weighted by atomic mass is 10.2. The van der Waals surface area contributed by atoms with Gasteiger partial charge in [-0.15, -0.1) is 0 Å². The van der Waals surface area contributed by atoms with E-state index in [0.29, 0.717) is 0 Å². The summed E-state index contributed by atoms with van der Waals surface area (Å²) in [6.07, 6.45) is -0.506. The maximum absolute atomic E-state index is 11.9. The van der Waals surface area contributed by atoms with Crippen LogP contribution in [0.15, 0.2) is 4.91 Å². The van der Waals surface area contributed by atoms with Crippen molar-refractivity contribution < 1.29 is 31.4 Å². The zero-order valence-electron chi connectivity index (χ0n) is 21.2. The first-order valence-electron chi connectivity index (χ1n) is 10.2. The lowest BCUT2D eigenvalue weighted by Gasteiger charge is -2.37. The third-order valence-electron chi connectivity index (χ3n) is 2.86. The van der Waals surface area contributed by atoms with Crippen LogP contribution in [0.1, 0.15) is 0 Å². The fourth-order valence-electron chi connectivity index (χ4n) is 2.34. The van der Waals surface area contributed by atoms with E-state index >= 15 is 0 Å². The highest BCUT2D eigenvalue weighted by atomic mass is 31.2. The second-order valence-corrected chi connectivity index (χ2v) is 31.2. The summed E-state index contributed by atoms with van der Waals surface area (Å²) >= 11 is 0. The summed E-state index contributed by atoms with van der Waals surface area (Å²) in [7, 11) is -9.89. The lowest BCUT2D eigenvalue weighted by Crippen LogP contribution is -2.47. The van der Waals surface area contributed by atoms with Crippen molar-refractivity contribution in [2.75, 3.05) is 13.7 Å². The van der Waals surface area contributed by atoms with Crippen LogP contribution in [-0.2, 0) is 31.4 Å². The molecule has 0 aromatic heterocycles. The molecule has 0 spiro atoms. The van der Waals surface area contributed by atoms with Crippen molar-refractivity contribution in [1.29, 1.82) is 0 Å². The zero-order valence-corrected chi connectivity index (χ0v) is 26.1. The van der Waals surface area contributed by atoms with Crippen LogP contribution in [0.25, 0.3) is 0 Å². The van der Waals surface area contributed by atoms with Crippen LogP contribution in [0.3, 0.4) is 0 Å². The molecule has 0 amide bonds. The van der Waals surface area contributed by atoms with Gasteiger partial charge in [0.1, 0.15) is 18.5 Å². The molecular weight excluding hydrogens is 474 g/mol. The maximum atomic E-state index is 11.9. The Labute approximate surface area is 188 Å². The molecule has 0 aliphatic heterocycles. The fourth-order valence-corrected chi connectivity index (χ4v) is 11.8. The predicted molar refractivity (Wildman–Crippen MR) is 134 cm³/mol. The van der Waals surface area contributed by atoms with Gasteiger partial charge in [0, 0.05) is 0 Å². The lowest BCUT2D eigenvalue weighted by molar-refractivity contribution is -0.119. The van der Waals surface area contributed by atoms with E-state index in [1.807, 2.05) is 58.9 Å². The first-order chi connectivity index (χ1) is 13.2. The van der Waals surface area contributed by atoms with Crippen molar-refractivity contribution in [3.63, 3.8) is 0 Å². The van der Waals surface area contributed by atoms with Crippen molar-refractivity contribution in [2.45, 2.75) is 90.8 Å². The van der Waals surface area contributed by atoms with E-state index in [2.05, 4.69) is 24.5 Å². The Bertz CT molecular complexity index is 575. The molecular formula is C17H44NO7PSi4. The minimum atomic E-state index is -3.16. The van der Waals surface area contributed by atoms with E-state index < -0.39 is 53.2 Å². The predicted octanol–water partition coefficient (Wildman–Crippen LogP) is 5.85. The molecule has 0 N–H and O–H groups in total. The van der Waals surface area contributed by atoms with Crippen LogP contribution in [0, 0.1) is 0 Å². The summed E-state index contributed by atoms with van der Waals surface area (Å²) in [6, 6.07) is 0. The monoisotopic (exact) mass is 517 g/mol. The topological polar surface area (TPSA) is 84.8 Å². The minimum absolute atomic E-state index is 0.0632. The smallest absolute Gasteiger partial charge is 0.362 e. The molecule has 0 aromatic carbocycles. The molecule has 0 saturated heterocycles. The molecule has 0 heterocycles. The van der Waals surface area contributed by atoms with Crippen molar-refractivity contribution in [3.05, 3.63) is 0 Å². The molecule has 0 fully saturated rings. The van der Waals surface area contributed by atoms with Crippen LogP contribution in [0.2, 0.25) is 78.6 Å². The number of aldehydes is 1. The molecule has 0 saturated carbocycles. The van der Waals surface area contributed by atoms with Gasteiger partial charge in [-0.1, -0.05) is 4.91 Å². The zero-order chi connectivity index (χ0) is 24.0. The van der Waals surface area contributed by atoms with Gasteiger partial charge in [-0.3, -0.25) is 9.36 Å². The van der Waals surface area contributed by atoms with Crippen molar-refractivity contribution >= 4 is 47.3 Å². The number of rotatable bonds is 14. The van der Waals surface area contributed by atoms with Gasteiger partial charge < -0.3 is 22.1 Å². The van der Waals surface area contributed by atoms with E-state index in [4.69, 9.17) is 26.6 Å². The quantitative estimate of drug-likeness (QED) is 0.124. The second kappa shape index (κ2) is 11.6. The van der Waals surface area contributed by atoms with Gasteiger partial charge in [-0.05, 0) is 78.6 Å². The molecule has 0 bridgehead atoms. The van der Waals surface area contributed by atoms with Gasteiger partial charge in [-0.2, -0.15) is 0 Å². The highest BCUT2D eigenvalue weighted by Crippen LogP contribution is 2.57. The number of hydrogen-bond acceptors (Lipinski definition) is 8. The second-order valence-electron chi connectivity index (χ2n) is 11.0. The van der Waals surface area contributed by atoms with Crippen LogP contribution in [0.5, 0.6) is 0 Å². The van der Waals surface area contributed by atoms with Gasteiger partial charge in [-0.25, -0.2) is 0 Å². The average molecular weight is 518 g/mol. The summed E-state index contributed by atoms with van der Waals surface area (Å²) in [5.41, 5.74) is 0. The molecule has 2 atom stereocenters. The molecule has 30 heavy (non-hydrogen) atoms. The molecule has 180 valence electrons. The fraction of sp³-hybridized carbons (Fsp3) is 0.941. The normalized spacial score (nSPS) is 16.3. The summed E-state index contributed by atoms with van der Waals surface area (Å²) < 4.78 is 31.3. The number of nitrogens with zero attached hydrogens (tertiary/aromatic N) is 1. The third kappa shape index (κ3) is 14.6. The van der Waals surface area contributed by atoms with Crippen LogP contribution in [-0.4, -0.2) is 65.5 Å². The largest absolute Gasteiger partial charge is 0.409 e. The molecule has 0 aliphatic rings. The van der Waals surface area contributed by atoms with Crippen molar-refractivity contribution in [1.82, 2.24) is 0 Å². The molecule has 0 aliphatic carbocycles. The van der Waals surface area contributed by atoms with E-state index in [1.54, 1.807) is 0 Å². The number of carbonyl (C=O) groups is 1. The third-order valence-corrected chi connectivity index (χ3v) is 11.9. The molecule has 0 aromatic rings. The van der Waals surface area contributed by atoms with Gasteiger partial charge in [0.05, 0.1) is 13.7 Å². The molecule has 0 rings (SSSR count). The molecule has 0 radical (unpaired) electrons. The molecule has 13 heteroatoms. The van der Waals surface area contributed by atoms with Gasteiger partial charge >= 0.3 is 7.74 Å². The Morgan fingerprint density at radius 3 is 1.50 bits per heavy atom. The summed E-state index contributed by atoms with van der Waals surface area (Å²) in [5, 5.41) is 0. The number of hydrogen-bond donors (Lipinski definition) is 0. The first-order valence-corrected chi connectivity index (χ1v) is 25.4. The van der Waals surface area contributed by atoms with Crippen LogP contribution < -0.4 is 0 Å².